The Morgan fingerprint density at radius 2 is 1.81 bits per heavy atom. The van der Waals surface area contributed by atoms with E-state index in [1.165, 1.54) is 0 Å². The molecular formula is C28H35N3O5. The zero-order valence-electron chi connectivity index (χ0n) is 21.3. The third-order valence-corrected chi connectivity index (χ3v) is 6.67. The van der Waals surface area contributed by atoms with Crippen molar-refractivity contribution in [2.45, 2.75) is 51.6 Å². The lowest BCUT2D eigenvalue weighted by molar-refractivity contribution is -0.152. The molecule has 192 valence electrons. The molecule has 2 aromatic rings. The van der Waals surface area contributed by atoms with Gasteiger partial charge in [-0.3, -0.25) is 14.5 Å². The van der Waals surface area contributed by atoms with Gasteiger partial charge >= 0.3 is 5.97 Å². The average Bonchev–Trinajstić information content (AvgIpc) is 3.35. The predicted octanol–water partition coefficient (Wildman–Crippen LogP) is 4.19. The number of piperidine rings is 1. The van der Waals surface area contributed by atoms with Crippen molar-refractivity contribution in [3.8, 4) is 11.5 Å². The van der Waals surface area contributed by atoms with E-state index in [1.807, 2.05) is 60.4 Å². The van der Waals surface area contributed by atoms with Crippen LogP contribution in [0.4, 0.5) is 0 Å². The summed E-state index contributed by atoms with van der Waals surface area (Å²) in [7, 11) is 1.63. The molecule has 1 saturated heterocycles. The number of carbonyl (C=O) groups excluding carboxylic acids is 2. The van der Waals surface area contributed by atoms with E-state index in [4.69, 9.17) is 19.3 Å². The second-order valence-corrected chi connectivity index (χ2v) is 8.94. The summed E-state index contributed by atoms with van der Waals surface area (Å²) in [6.45, 7) is 5.46. The normalized spacial score (nSPS) is 20.1. The molecule has 2 aliphatic heterocycles. The van der Waals surface area contributed by atoms with Crippen LogP contribution in [0.1, 0.15) is 56.7 Å². The third-order valence-electron chi connectivity index (χ3n) is 6.67. The Hall–Kier alpha value is -3.39. The van der Waals surface area contributed by atoms with Crippen LogP contribution in [0.3, 0.4) is 0 Å². The summed E-state index contributed by atoms with van der Waals surface area (Å²) < 4.78 is 16.4. The maximum Gasteiger partial charge on any atom is 0.323 e. The van der Waals surface area contributed by atoms with Crippen molar-refractivity contribution in [1.29, 1.82) is 0 Å². The number of likely N-dealkylation sites (tertiary alicyclic amines) is 1. The van der Waals surface area contributed by atoms with E-state index in [0.717, 1.165) is 41.2 Å². The van der Waals surface area contributed by atoms with E-state index in [2.05, 4.69) is 0 Å². The maximum absolute atomic E-state index is 13.7. The Labute approximate surface area is 212 Å². The fraction of sp³-hybridized carbons (Fsp3) is 0.464. The van der Waals surface area contributed by atoms with Gasteiger partial charge in [-0.25, -0.2) is 5.01 Å². The topological polar surface area (TPSA) is 80.7 Å². The van der Waals surface area contributed by atoms with E-state index < -0.39 is 6.04 Å². The van der Waals surface area contributed by atoms with Crippen LogP contribution in [0.25, 0.3) is 0 Å². The fourth-order valence-corrected chi connectivity index (χ4v) is 4.93. The van der Waals surface area contributed by atoms with Gasteiger partial charge in [0.25, 0.3) is 5.91 Å². The van der Waals surface area contributed by atoms with Gasteiger partial charge < -0.3 is 14.2 Å². The highest BCUT2D eigenvalue weighted by Crippen LogP contribution is 2.36. The molecule has 0 aliphatic carbocycles. The standard InChI is InChI=1S/C28H35N3O5/c1-4-35-21-15-13-20(14-16-21)25-18-23(22-10-6-7-12-26(22)34-3)29-31(25)27(32)19-30-17-9-8-11-24(30)28(33)36-5-2/h6-7,10,12-16,24-25H,4-5,8-9,11,17-19H2,1-3H3/t24-,25+/m1/s1. The Kier molecular flexibility index (Phi) is 8.59. The van der Waals surface area contributed by atoms with Gasteiger partial charge in [-0.1, -0.05) is 30.7 Å². The van der Waals surface area contributed by atoms with E-state index in [-0.39, 0.29) is 24.5 Å². The quantitative estimate of drug-likeness (QED) is 0.488. The first kappa shape index (κ1) is 25.7. The van der Waals surface area contributed by atoms with Crippen LogP contribution in [-0.4, -0.2) is 67.0 Å². The van der Waals surface area contributed by atoms with Crippen molar-refractivity contribution in [3.05, 3.63) is 59.7 Å². The number of carbonyl (C=O) groups is 2. The Morgan fingerprint density at radius 3 is 2.53 bits per heavy atom. The average molecular weight is 494 g/mol. The smallest absolute Gasteiger partial charge is 0.323 e. The summed E-state index contributed by atoms with van der Waals surface area (Å²) >= 11 is 0. The summed E-state index contributed by atoms with van der Waals surface area (Å²) in [5, 5.41) is 6.38. The fourth-order valence-electron chi connectivity index (χ4n) is 4.93. The monoisotopic (exact) mass is 493 g/mol. The lowest BCUT2D eigenvalue weighted by Gasteiger charge is -2.34. The molecule has 2 aromatic carbocycles. The lowest BCUT2D eigenvalue weighted by atomic mass is 9.97. The number of hydrazone groups is 1. The third kappa shape index (κ3) is 5.70. The molecule has 8 heteroatoms. The summed E-state index contributed by atoms with van der Waals surface area (Å²) in [5.74, 6) is 1.10. The van der Waals surface area contributed by atoms with Gasteiger partial charge in [0, 0.05) is 12.0 Å². The zero-order chi connectivity index (χ0) is 25.5. The number of methoxy groups -OCH3 is 1. The Balaban J connectivity index is 1.61. The second kappa shape index (κ2) is 12.0. The maximum atomic E-state index is 13.7. The molecule has 1 amide bonds. The van der Waals surface area contributed by atoms with E-state index in [1.54, 1.807) is 19.0 Å². The first-order chi connectivity index (χ1) is 17.5. The van der Waals surface area contributed by atoms with Gasteiger partial charge in [0.15, 0.2) is 0 Å². The molecule has 4 rings (SSSR count). The minimum absolute atomic E-state index is 0.111. The molecule has 0 aromatic heterocycles. The molecule has 0 radical (unpaired) electrons. The number of esters is 1. The Bertz CT molecular complexity index is 1080. The molecule has 8 nitrogen and oxygen atoms in total. The molecule has 36 heavy (non-hydrogen) atoms. The van der Waals surface area contributed by atoms with Crippen molar-refractivity contribution in [2.24, 2.45) is 5.10 Å². The van der Waals surface area contributed by atoms with E-state index in [9.17, 15) is 9.59 Å². The molecule has 2 heterocycles. The van der Waals surface area contributed by atoms with Gasteiger partial charge in [0.05, 0.1) is 38.6 Å². The van der Waals surface area contributed by atoms with Gasteiger partial charge in [0.1, 0.15) is 17.5 Å². The van der Waals surface area contributed by atoms with Crippen LogP contribution in [0.2, 0.25) is 0 Å². The van der Waals surface area contributed by atoms with E-state index in [0.29, 0.717) is 32.6 Å². The van der Waals surface area contributed by atoms with Gasteiger partial charge in [-0.05, 0) is 63.1 Å². The first-order valence-electron chi connectivity index (χ1n) is 12.7. The Morgan fingerprint density at radius 1 is 1.03 bits per heavy atom. The van der Waals surface area contributed by atoms with Crippen LogP contribution in [-0.2, 0) is 14.3 Å². The predicted molar refractivity (Wildman–Crippen MR) is 137 cm³/mol. The number of rotatable bonds is 9. The molecule has 0 spiro atoms. The van der Waals surface area contributed by atoms with Crippen LogP contribution < -0.4 is 9.47 Å². The van der Waals surface area contributed by atoms with Crippen molar-refractivity contribution < 1.29 is 23.8 Å². The molecule has 1 fully saturated rings. The highest BCUT2D eigenvalue weighted by Gasteiger charge is 2.37. The highest BCUT2D eigenvalue weighted by atomic mass is 16.5. The highest BCUT2D eigenvalue weighted by molar-refractivity contribution is 6.05. The largest absolute Gasteiger partial charge is 0.496 e. The van der Waals surface area contributed by atoms with Crippen molar-refractivity contribution in [2.75, 3.05) is 33.4 Å². The minimum atomic E-state index is -0.396. The van der Waals surface area contributed by atoms with Crippen LogP contribution >= 0.6 is 0 Å². The number of ether oxygens (including phenoxy) is 3. The molecule has 0 bridgehead atoms. The van der Waals surface area contributed by atoms with Crippen LogP contribution in [0.5, 0.6) is 11.5 Å². The number of hydrogen-bond acceptors (Lipinski definition) is 7. The molecule has 0 unspecified atom stereocenters. The number of para-hydroxylation sites is 1. The summed E-state index contributed by atoms with van der Waals surface area (Å²) in [5.41, 5.74) is 2.63. The molecular weight excluding hydrogens is 458 g/mol. The van der Waals surface area contributed by atoms with Crippen LogP contribution in [0, 0.1) is 0 Å². The minimum Gasteiger partial charge on any atom is -0.496 e. The zero-order valence-corrected chi connectivity index (χ0v) is 21.3. The van der Waals surface area contributed by atoms with Crippen molar-refractivity contribution in [1.82, 2.24) is 9.91 Å². The SMILES string of the molecule is CCOC(=O)[C@H]1CCCCN1CC(=O)N1N=C(c2ccccc2OC)C[C@H]1c1ccc(OCC)cc1. The first-order valence-corrected chi connectivity index (χ1v) is 12.7. The van der Waals surface area contributed by atoms with Gasteiger partial charge in [-0.15, -0.1) is 0 Å². The molecule has 2 atom stereocenters. The van der Waals surface area contributed by atoms with E-state index >= 15 is 0 Å². The van der Waals surface area contributed by atoms with Crippen molar-refractivity contribution in [3.63, 3.8) is 0 Å². The number of hydrogen-bond donors (Lipinski definition) is 0. The summed E-state index contributed by atoms with van der Waals surface area (Å²) in [6.07, 6.45) is 3.15. The van der Waals surface area contributed by atoms with Gasteiger partial charge in [-0.2, -0.15) is 5.10 Å². The van der Waals surface area contributed by atoms with Gasteiger partial charge in [0.2, 0.25) is 0 Å². The number of benzene rings is 2. The van der Waals surface area contributed by atoms with Crippen LogP contribution in [0.15, 0.2) is 53.6 Å². The van der Waals surface area contributed by atoms with Crippen molar-refractivity contribution >= 4 is 17.6 Å². The molecule has 0 N–H and O–H groups in total. The molecule has 0 saturated carbocycles. The summed E-state index contributed by atoms with van der Waals surface area (Å²) in [4.78, 5) is 28.2. The number of nitrogens with zero attached hydrogens (tertiary/aromatic N) is 3. The number of amides is 1. The second-order valence-electron chi connectivity index (χ2n) is 8.94. The lowest BCUT2D eigenvalue weighted by Crippen LogP contribution is -2.49. The molecule has 2 aliphatic rings. The summed E-state index contributed by atoms with van der Waals surface area (Å²) in [6, 6.07) is 14.9.